The van der Waals surface area contributed by atoms with E-state index >= 15 is 0 Å². The third-order valence-electron chi connectivity index (χ3n) is 2.57. The Morgan fingerprint density at radius 1 is 0.955 bits per heavy atom. The molecule has 0 aromatic heterocycles. The Bertz CT molecular complexity index is 650. The smallest absolute Gasteiger partial charge is 0.406 e. The van der Waals surface area contributed by atoms with E-state index < -0.39 is 6.36 Å². The molecule has 0 radical (unpaired) electrons. The monoisotopic (exact) mass is 308 g/mol. The number of aldehydes is 1. The van der Waals surface area contributed by atoms with Crippen LogP contribution in [0.25, 0.3) is 0 Å². The molecular formula is C15H11F3N2O2. The molecule has 0 amide bonds. The standard InChI is InChI=1S/C15H11F3N2O2/c16-15(17,18)22-14-7-5-13(6-8-14)20-19-9-11-1-3-12(10-21)4-2-11/h1-10,20H/b19-9+. The van der Waals surface area contributed by atoms with E-state index in [1.807, 2.05) is 0 Å². The van der Waals surface area contributed by atoms with Gasteiger partial charge in [0.25, 0.3) is 0 Å². The Kier molecular flexibility index (Phi) is 4.77. The first kappa shape index (κ1) is 15.6. The Morgan fingerprint density at radius 2 is 1.55 bits per heavy atom. The predicted octanol–water partition coefficient (Wildman–Crippen LogP) is 3.84. The first-order valence-electron chi connectivity index (χ1n) is 6.16. The van der Waals surface area contributed by atoms with Crippen LogP contribution in [0.15, 0.2) is 53.6 Å². The van der Waals surface area contributed by atoms with Gasteiger partial charge >= 0.3 is 6.36 Å². The van der Waals surface area contributed by atoms with E-state index in [1.54, 1.807) is 24.3 Å². The lowest BCUT2D eigenvalue weighted by atomic mass is 10.2. The molecule has 0 fully saturated rings. The zero-order chi connectivity index (χ0) is 16.0. The number of nitrogens with one attached hydrogen (secondary N) is 1. The van der Waals surface area contributed by atoms with Crippen LogP contribution in [0, 0.1) is 0 Å². The van der Waals surface area contributed by atoms with Crippen molar-refractivity contribution in [2.24, 2.45) is 5.10 Å². The summed E-state index contributed by atoms with van der Waals surface area (Å²) in [6.45, 7) is 0. The fourth-order valence-corrected chi connectivity index (χ4v) is 1.57. The van der Waals surface area contributed by atoms with Gasteiger partial charge in [0.2, 0.25) is 0 Å². The summed E-state index contributed by atoms with van der Waals surface area (Å²) in [4.78, 5) is 10.5. The van der Waals surface area contributed by atoms with Crippen molar-refractivity contribution in [3.63, 3.8) is 0 Å². The number of hydrogen-bond acceptors (Lipinski definition) is 4. The van der Waals surface area contributed by atoms with Crippen LogP contribution in [-0.2, 0) is 0 Å². The third-order valence-corrected chi connectivity index (χ3v) is 2.57. The second-order valence-corrected chi connectivity index (χ2v) is 4.23. The summed E-state index contributed by atoms with van der Waals surface area (Å²) in [5.41, 5.74) is 4.52. The van der Waals surface area contributed by atoms with E-state index in [9.17, 15) is 18.0 Å². The summed E-state index contributed by atoms with van der Waals surface area (Å²) in [7, 11) is 0. The van der Waals surface area contributed by atoms with Crippen molar-refractivity contribution in [3.8, 4) is 5.75 Å². The lowest BCUT2D eigenvalue weighted by Gasteiger charge is -2.08. The SMILES string of the molecule is O=Cc1ccc(/C=N/Nc2ccc(OC(F)(F)F)cc2)cc1. The number of alkyl halides is 3. The van der Waals surface area contributed by atoms with Crippen LogP contribution in [0.2, 0.25) is 0 Å². The van der Waals surface area contributed by atoms with Crippen molar-refractivity contribution in [2.45, 2.75) is 6.36 Å². The molecule has 0 atom stereocenters. The maximum Gasteiger partial charge on any atom is 0.573 e. The van der Waals surface area contributed by atoms with Gasteiger partial charge in [-0.15, -0.1) is 13.2 Å². The number of benzene rings is 2. The van der Waals surface area contributed by atoms with Crippen LogP contribution in [0.1, 0.15) is 15.9 Å². The minimum Gasteiger partial charge on any atom is -0.406 e. The van der Waals surface area contributed by atoms with E-state index in [0.29, 0.717) is 11.3 Å². The second kappa shape index (κ2) is 6.75. The molecule has 7 heteroatoms. The Hall–Kier alpha value is -2.83. The number of carbonyl (C=O) groups excluding carboxylic acids is 1. The van der Waals surface area contributed by atoms with Crippen LogP contribution in [0.3, 0.4) is 0 Å². The molecule has 2 aromatic carbocycles. The number of ether oxygens (including phenoxy) is 1. The highest BCUT2D eigenvalue weighted by Gasteiger charge is 2.30. The maximum absolute atomic E-state index is 12.0. The molecule has 0 saturated heterocycles. The lowest BCUT2D eigenvalue weighted by Crippen LogP contribution is -2.16. The minimum atomic E-state index is -4.71. The lowest BCUT2D eigenvalue weighted by molar-refractivity contribution is -0.274. The number of anilines is 1. The zero-order valence-corrected chi connectivity index (χ0v) is 11.2. The van der Waals surface area contributed by atoms with Gasteiger partial charge in [0.1, 0.15) is 12.0 Å². The number of hydrazone groups is 1. The van der Waals surface area contributed by atoms with Crippen molar-refractivity contribution in [1.82, 2.24) is 0 Å². The van der Waals surface area contributed by atoms with Crippen LogP contribution in [0.5, 0.6) is 5.75 Å². The van der Waals surface area contributed by atoms with Crippen molar-refractivity contribution < 1.29 is 22.7 Å². The largest absolute Gasteiger partial charge is 0.573 e. The molecule has 114 valence electrons. The van der Waals surface area contributed by atoms with Gasteiger partial charge in [-0.05, 0) is 29.8 Å². The predicted molar refractivity (Wildman–Crippen MR) is 76.2 cm³/mol. The Morgan fingerprint density at radius 3 is 2.09 bits per heavy atom. The summed E-state index contributed by atoms with van der Waals surface area (Å²) in [5.74, 6) is -0.300. The normalized spacial score (nSPS) is 11.4. The molecule has 4 nitrogen and oxygen atoms in total. The molecule has 0 bridgehead atoms. The van der Waals surface area contributed by atoms with Crippen LogP contribution in [0.4, 0.5) is 18.9 Å². The third kappa shape index (κ3) is 4.93. The van der Waals surface area contributed by atoms with E-state index in [0.717, 1.165) is 11.8 Å². The molecule has 0 heterocycles. The van der Waals surface area contributed by atoms with E-state index in [4.69, 9.17) is 0 Å². The molecule has 0 aliphatic heterocycles. The molecular weight excluding hydrogens is 297 g/mol. The van der Waals surface area contributed by atoms with Gasteiger partial charge in [-0.1, -0.05) is 24.3 Å². The average molecular weight is 308 g/mol. The quantitative estimate of drug-likeness (QED) is 0.518. The fraction of sp³-hybridized carbons (Fsp3) is 0.0667. The molecule has 2 rings (SSSR count). The van der Waals surface area contributed by atoms with Crippen molar-refractivity contribution >= 4 is 18.2 Å². The number of hydrogen-bond donors (Lipinski definition) is 1. The minimum absolute atomic E-state index is 0.300. The summed E-state index contributed by atoms with van der Waals surface area (Å²) in [6, 6.07) is 11.9. The van der Waals surface area contributed by atoms with Crippen molar-refractivity contribution in [1.29, 1.82) is 0 Å². The molecule has 0 saturated carbocycles. The Labute approximate surface area is 124 Å². The molecule has 0 aliphatic rings. The van der Waals surface area contributed by atoms with Crippen molar-refractivity contribution in [3.05, 3.63) is 59.7 Å². The highest BCUT2D eigenvalue weighted by molar-refractivity contribution is 5.82. The average Bonchev–Trinajstić information content (AvgIpc) is 2.48. The Balaban J connectivity index is 1.93. The van der Waals surface area contributed by atoms with Gasteiger partial charge in [-0.25, -0.2) is 0 Å². The summed E-state index contributed by atoms with van der Waals surface area (Å²) in [5, 5.41) is 3.95. The number of nitrogens with zero attached hydrogens (tertiary/aromatic N) is 1. The van der Waals surface area contributed by atoms with E-state index in [1.165, 1.54) is 30.5 Å². The molecule has 0 unspecified atom stereocenters. The molecule has 2 aromatic rings. The molecule has 1 N–H and O–H groups in total. The van der Waals surface area contributed by atoms with Gasteiger partial charge < -0.3 is 4.74 Å². The first-order chi connectivity index (χ1) is 10.5. The molecule has 22 heavy (non-hydrogen) atoms. The highest BCUT2D eigenvalue weighted by Crippen LogP contribution is 2.23. The zero-order valence-electron chi connectivity index (χ0n) is 11.2. The van der Waals surface area contributed by atoms with Crippen LogP contribution in [-0.4, -0.2) is 18.9 Å². The van der Waals surface area contributed by atoms with Gasteiger partial charge in [0, 0.05) is 5.56 Å². The van der Waals surface area contributed by atoms with E-state index in [-0.39, 0.29) is 5.75 Å². The number of halogens is 3. The van der Waals surface area contributed by atoms with Gasteiger partial charge in [0.15, 0.2) is 0 Å². The van der Waals surface area contributed by atoms with Crippen molar-refractivity contribution in [2.75, 3.05) is 5.43 Å². The number of rotatable bonds is 5. The molecule has 0 spiro atoms. The summed E-state index contributed by atoms with van der Waals surface area (Å²) < 4.78 is 39.8. The first-order valence-corrected chi connectivity index (χ1v) is 6.16. The van der Waals surface area contributed by atoms with E-state index in [2.05, 4.69) is 15.3 Å². The fourth-order valence-electron chi connectivity index (χ4n) is 1.57. The van der Waals surface area contributed by atoms with Gasteiger partial charge in [0.05, 0.1) is 11.9 Å². The van der Waals surface area contributed by atoms with Gasteiger partial charge in [-0.3, -0.25) is 10.2 Å². The second-order valence-electron chi connectivity index (χ2n) is 4.23. The summed E-state index contributed by atoms with van der Waals surface area (Å²) >= 11 is 0. The highest BCUT2D eigenvalue weighted by atomic mass is 19.4. The molecule has 0 aliphatic carbocycles. The van der Waals surface area contributed by atoms with Crippen LogP contribution >= 0.6 is 0 Å². The summed E-state index contributed by atoms with van der Waals surface area (Å²) in [6.07, 6.45) is -2.45. The maximum atomic E-state index is 12.0. The van der Waals surface area contributed by atoms with Gasteiger partial charge in [-0.2, -0.15) is 5.10 Å². The van der Waals surface area contributed by atoms with Crippen LogP contribution < -0.4 is 10.2 Å². The topological polar surface area (TPSA) is 50.7 Å². The number of carbonyl (C=O) groups is 1.